The molecule has 3 aromatic rings. The normalized spacial score (nSPS) is 17.2. The zero-order chi connectivity index (χ0) is 14.2. The van der Waals surface area contributed by atoms with Crippen LogP contribution < -0.4 is 5.32 Å². The van der Waals surface area contributed by atoms with Crippen LogP contribution in [-0.2, 0) is 0 Å². The van der Waals surface area contributed by atoms with Crippen LogP contribution >= 0.6 is 11.3 Å². The molecule has 0 aliphatic carbocycles. The standard InChI is InChI=1S/C15H14N4OS/c20-11-5-3-10(4-6-11)14-17-15-16-8-7-12(19(15)18-14)13-2-1-9-21-13/h1-6,9,12,20H,7-8H2,(H,16,17,18). The molecule has 1 aliphatic heterocycles. The molecule has 1 aliphatic rings. The molecule has 0 saturated carbocycles. The fraction of sp³-hybridized carbons (Fsp3) is 0.200. The monoisotopic (exact) mass is 298 g/mol. The first-order valence-electron chi connectivity index (χ1n) is 6.84. The lowest BCUT2D eigenvalue weighted by Gasteiger charge is -2.23. The number of phenols is 1. The van der Waals surface area contributed by atoms with E-state index in [0.29, 0.717) is 5.82 Å². The van der Waals surface area contributed by atoms with Gasteiger partial charge in [-0.2, -0.15) is 4.98 Å². The van der Waals surface area contributed by atoms with E-state index >= 15 is 0 Å². The number of aromatic nitrogens is 3. The molecule has 4 rings (SSSR count). The zero-order valence-corrected chi connectivity index (χ0v) is 12.0. The van der Waals surface area contributed by atoms with E-state index < -0.39 is 0 Å². The molecule has 1 atom stereocenters. The maximum Gasteiger partial charge on any atom is 0.222 e. The van der Waals surface area contributed by atoms with Gasteiger partial charge in [-0.1, -0.05) is 6.07 Å². The Balaban J connectivity index is 1.75. The number of nitrogens with zero attached hydrogens (tertiary/aromatic N) is 3. The fourth-order valence-corrected chi connectivity index (χ4v) is 3.43. The van der Waals surface area contributed by atoms with Gasteiger partial charge in [0.2, 0.25) is 5.95 Å². The van der Waals surface area contributed by atoms with Gasteiger partial charge in [-0.3, -0.25) is 0 Å². The molecule has 6 heteroatoms. The van der Waals surface area contributed by atoms with Crippen LogP contribution in [0.1, 0.15) is 17.3 Å². The number of aromatic hydroxyl groups is 1. The van der Waals surface area contributed by atoms with Crippen molar-refractivity contribution in [3.8, 4) is 17.1 Å². The van der Waals surface area contributed by atoms with Crippen molar-refractivity contribution in [2.45, 2.75) is 12.5 Å². The molecule has 2 aromatic heterocycles. The lowest BCUT2D eigenvalue weighted by atomic mass is 10.1. The largest absolute Gasteiger partial charge is 0.508 e. The molecule has 106 valence electrons. The number of hydrogen-bond acceptors (Lipinski definition) is 5. The van der Waals surface area contributed by atoms with Gasteiger partial charge in [-0.15, -0.1) is 16.4 Å². The minimum absolute atomic E-state index is 0.248. The van der Waals surface area contributed by atoms with Crippen LogP contribution in [0.25, 0.3) is 11.4 Å². The summed E-state index contributed by atoms with van der Waals surface area (Å²) in [7, 11) is 0. The average Bonchev–Trinajstić information content (AvgIpc) is 3.17. The third kappa shape index (κ3) is 2.17. The van der Waals surface area contributed by atoms with Gasteiger partial charge in [0.15, 0.2) is 5.82 Å². The Kier molecular flexibility index (Phi) is 2.89. The van der Waals surface area contributed by atoms with Gasteiger partial charge in [-0.05, 0) is 42.1 Å². The van der Waals surface area contributed by atoms with Crippen LogP contribution in [0.3, 0.4) is 0 Å². The molecule has 0 amide bonds. The molecule has 3 heterocycles. The zero-order valence-electron chi connectivity index (χ0n) is 11.2. The van der Waals surface area contributed by atoms with Crippen molar-refractivity contribution in [2.75, 3.05) is 11.9 Å². The van der Waals surface area contributed by atoms with Crippen molar-refractivity contribution >= 4 is 17.3 Å². The molecule has 0 saturated heterocycles. The summed E-state index contributed by atoms with van der Waals surface area (Å²) in [5.41, 5.74) is 0.904. The smallest absolute Gasteiger partial charge is 0.222 e. The van der Waals surface area contributed by atoms with Crippen molar-refractivity contribution in [1.29, 1.82) is 0 Å². The fourth-order valence-electron chi connectivity index (χ4n) is 2.58. The van der Waals surface area contributed by atoms with Crippen LogP contribution in [-0.4, -0.2) is 26.4 Å². The molecule has 0 bridgehead atoms. The van der Waals surface area contributed by atoms with Gasteiger partial charge in [-0.25, -0.2) is 4.68 Å². The molecule has 0 fully saturated rings. The summed E-state index contributed by atoms with van der Waals surface area (Å²) in [6, 6.07) is 11.4. The molecule has 1 aromatic carbocycles. The topological polar surface area (TPSA) is 63.0 Å². The Hall–Kier alpha value is -2.34. The van der Waals surface area contributed by atoms with Gasteiger partial charge < -0.3 is 10.4 Å². The number of fused-ring (bicyclic) bond motifs is 1. The summed E-state index contributed by atoms with van der Waals surface area (Å²) in [5, 5.41) is 19.4. The second-order valence-electron chi connectivity index (χ2n) is 5.00. The summed E-state index contributed by atoms with van der Waals surface area (Å²) < 4.78 is 1.97. The predicted molar refractivity (Wildman–Crippen MR) is 82.7 cm³/mol. The van der Waals surface area contributed by atoms with E-state index in [-0.39, 0.29) is 11.8 Å². The number of nitrogens with one attached hydrogen (secondary N) is 1. The Morgan fingerprint density at radius 3 is 2.86 bits per heavy atom. The highest BCUT2D eigenvalue weighted by Crippen LogP contribution is 2.32. The van der Waals surface area contributed by atoms with E-state index in [2.05, 4.69) is 32.9 Å². The van der Waals surface area contributed by atoms with Crippen LogP contribution in [0.2, 0.25) is 0 Å². The summed E-state index contributed by atoms with van der Waals surface area (Å²) in [6.07, 6.45) is 1.01. The van der Waals surface area contributed by atoms with Crippen molar-refractivity contribution in [2.24, 2.45) is 0 Å². The predicted octanol–water partition coefficient (Wildman–Crippen LogP) is 3.12. The summed E-state index contributed by atoms with van der Waals surface area (Å²) in [6.45, 7) is 0.899. The first kappa shape index (κ1) is 12.4. The number of phenolic OH excluding ortho intramolecular Hbond substituents is 1. The van der Waals surface area contributed by atoms with Crippen LogP contribution in [0.5, 0.6) is 5.75 Å². The van der Waals surface area contributed by atoms with Gasteiger partial charge in [0, 0.05) is 17.0 Å². The molecule has 1 unspecified atom stereocenters. The molecule has 0 radical (unpaired) electrons. The summed E-state index contributed by atoms with van der Waals surface area (Å²) in [4.78, 5) is 5.88. The molecule has 21 heavy (non-hydrogen) atoms. The Bertz CT molecular complexity index is 749. The molecule has 5 nitrogen and oxygen atoms in total. The summed E-state index contributed by atoms with van der Waals surface area (Å²) in [5.74, 6) is 1.74. The minimum atomic E-state index is 0.248. The number of rotatable bonds is 2. The maximum absolute atomic E-state index is 9.38. The minimum Gasteiger partial charge on any atom is -0.508 e. The maximum atomic E-state index is 9.38. The number of hydrogen-bond donors (Lipinski definition) is 2. The highest BCUT2D eigenvalue weighted by atomic mass is 32.1. The van der Waals surface area contributed by atoms with E-state index in [1.54, 1.807) is 23.5 Å². The Labute approximate surface area is 125 Å². The van der Waals surface area contributed by atoms with Gasteiger partial charge in [0.1, 0.15) is 5.75 Å². The first-order valence-corrected chi connectivity index (χ1v) is 7.72. The quantitative estimate of drug-likeness (QED) is 0.763. The van der Waals surface area contributed by atoms with Crippen molar-refractivity contribution < 1.29 is 5.11 Å². The van der Waals surface area contributed by atoms with Crippen LogP contribution in [0.4, 0.5) is 5.95 Å². The van der Waals surface area contributed by atoms with E-state index in [1.165, 1.54) is 4.88 Å². The van der Waals surface area contributed by atoms with Gasteiger partial charge in [0.25, 0.3) is 0 Å². The lowest BCUT2D eigenvalue weighted by Crippen LogP contribution is -2.24. The molecule has 0 spiro atoms. The first-order chi connectivity index (χ1) is 10.3. The number of anilines is 1. The average molecular weight is 298 g/mol. The SMILES string of the molecule is Oc1ccc(-c2nc3n(n2)C(c2cccs2)CCN3)cc1. The van der Waals surface area contributed by atoms with Crippen LogP contribution in [0, 0.1) is 0 Å². The highest BCUT2D eigenvalue weighted by molar-refractivity contribution is 7.10. The third-order valence-electron chi connectivity index (χ3n) is 3.62. The van der Waals surface area contributed by atoms with E-state index in [0.717, 1.165) is 24.5 Å². The van der Waals surface area contributed by atoms with Crippen molar-refractivity contribution in [3.05, 3.63) is 46.7 Å². The van der Waals surface area contributed by atoms with Crippen molar-refractivity contribution in [3.63, 3.8) is 0 Å². The molecular weight excluding hydrogens is 284 g/mol. The Morgan fingerprint density at radius 2 is 2.10 bits per heavy atom. The van der Waals surface area contributed by atoms with E-state index in [4.69, 9.17) is 0 Å². The van der Waals surface area contributed by atoms with Gasteiger partial charge in [0.05, 0.1) is 6.04 Å². The highest BCUT2D eigenvalue weighted by Gasteiger charge is 2.25. The van der Waals surface area contributed by atoms with Gasteiger partial charge >= 0.3 is 0 Å². The third-order valence-corrected chi connectivity index (χ3v) is 4.60. The number of benzene rings is 1. The second-order valence-corrected chi connectivity index (χ2v) is 5.98. The number of thiophene rings is 1. The Morgan fingerprint density at radius 1 is 1.24 bits per heavy atom. The lowest BCUT2D eigenvalue weighted by molar-refractivity contribution is 0.475. The van der Waals surface area contributed by atoms with E-state index in [1.807, 2.05) is 16.8 Å². The van der Waals surface area contributed by atoms with Crippen molar-refractivity contribution in [1.82, 2.24) is 14.8 Å². The summed E-state index contributed by atoms with van der Waals surface area (Å²) >= 11 is 1.75. The molecule has 2 N–H and O–H groups in total. The second kappa shape index (κ2) is 4.89. The van der Waals surface area contributed by atoms with E-state index in [9.17, 15) is 5.11 Å². The molecular formula is C15H14N4OS. The van der Waals surface area contributed by atoms with Crippen LogP contribution in [0.15, 0.2) is 41.8 Å².